The van der Waals surface area contributed by atoms with Crippen LogP contribution < -0.4 is 0 Å². The highest BCUT2D eigenvalue weighted by Gasteiger charge is 2.43. The summed E-state index contributed by atoms with van der Waals surface area (Å²) in [6.45, 7) is 0.509. The highest BCUT2D eigenvalue weighted by atomic mass is 32.2. The maximum atomic E-state index is 12.4. The van der Waals surface area contributed by atoms with E-state index < -0.39 is 12.5 Å². The molecule has 15 heavy (non-hydrogen) atoms. The lowest BCUT2D eigenvalue weighted by atomic mass is 9.82. The first-order valence-electron chi connectivity index (χ1n) is 5.31. The summed E-state index contributed by atoms with van der Waals surface area (Å²) in [5.41, 5.74) is -0.219. The lowest BCUT2D eigenvalue weighted by Gasteiger charge is -2.39. The molecule has 0 bridgehead atoms. The number of thioether (sulfide) groups is 1. The van der Waals surface area contributed by atoms with E-state index in [4.69, 9.17) is 4.74 Å². The van der Waals surface area contributed by atoms with Gasteiger partial charge in [0.15, 0.2) is 0 Å². The lowest BCUT2D eigenvalue weighted by molar-refractivity contribution is -0.125. The molecular formula is C10H16F2O2S. The molecule has 0 aromatic carbocycles. The van der Waals surface area contributed by atoms with Crippen molar-refractivity contribution >= 4 is 11.8 Å². The number of hydrogen-bond acceptors (Lipinski definition) is 3. The Balaban J connectivity index is 1.97. The summed E-state index contributed by atoms with van der Waals surface area (Å²) in [5.74, 6) is 1.63. The van der Waals surface area contributed by atoms with Crippen LogP contribution in [-0.4, -0.2) is 41.3 Å². The third kappa shape index (κ3) is 2.45. The summed E-state index contributed by atoms with van der Waals surface area (Å²) >= 11 is 1.81. The van der Waals surface area contributed by atoms with Gasteiger partial charge in [-0.2, -0.15) is 11.8 Å². The first-order chi connectivity index (χ1) is 7.13. The molecule has 0 amide bonds. The third-order valence-electron chi connectivity index (χ3n) is 3.34. The normalized spacial score (nSPS) is 38.8. The van der Waals surface area contributed by atoms with Gasteiger partial charge >= 0.3 is 0 Å². The number of rotatable bonds is 2. The summed E-state index contributed by atoms with van der Waals surface area (Å²) in [6, 6.07) is 0. The second-order valence-electron chi connectivity index (χ2n) is 4.41. The Morgan fingerprint density at radius 2 is 2.27 bits per heavy atom. The van der Waals surface area contributed by atoms with Crippen LogP contribution >= 0.6 is 11.8 Å². The van der Waals surface area contributed by atoms with Gasteiger partial charge in [0.25, 0.3) is 6.43 Å². The molecule has 2 fully saturated rings. The van der Waals surface area contributed by atoms with Crippen molar-refractivity contribution in [3.8, 4) is 0 Å². The van der Waals surface area contributed by atoms with E-state index >= 15 is 0 Å². The van der Waals surface area contributed by atoms with Crippen LogP contribution in [-0.2, 0) is 4.74 Å². The molecule has 3 atom stereocenters. The van der Waals surface area contributed by atoms with E-state index in [2.05, 4.69) is 0 Å². The predicted octanol–water partition coefficient (Wildman–Crippen LogP) is 1.91. The molecule has 2 aliphatic rings. The highest BCUT2D eigenvalue weighted by molar-refractivity contribution is 7.99. The topological polar surface area (TPSA) is 29.5 Å². The Morgan fingerprint density at radius 1 is 1.47 bits per heavy atom. The maximum Gasteiger partial charge on any atom is 0.264 e. The second-order valence-corrected chi connectivity index (χ2v) is 5.52. The number of aliphatic hydroxyl groups excluding tert-OH is 1. The molecule has 0 aliphatic carbocycles. The lowest BCUT2D eigenvalue weighted by Crippen LogP contribution is -2.44. The average molecular weight is 238 g/mol. The Kier molecular flexibility index (Phi) is 3.52. The smallest absolute Gasteiger partial charge is 0.264 e. The Hall–Kier alpha value is 0.130. The molecule has 2 nitrogen and oxygen atoms in total. The number of ether oxygens (including phenoxy) is 1. The van der Waals surface area contributed by atoms with Crippen molar-refractivity contribution < 1.29 is 18.6 Å². The molecular weight excluding hydrogens is 222 g/mol. The van der Waals surface area contributed by atoms with Crippen LogP contribution in [0.5, 0.6) is 0 Å². The van der Waals surface area contributed by atoms with Crippen molar-refractivity contribution in [2.24, 2.45) is 5.92 Å². The SMILES string of the molecule is OC(C(F)F)C1CCOC2(CCSC2)C1. The van der Waals surface area contributed by atoms with E-state index in [0.29, 0.717) is 19.4 Å². The van der Waals surface area contributed by atoms with E-state index in [1.54, 1.807) is 0 Å². The highest BCUT2D eigenvalue weighted by Crippen LogP contribution is 2.41. The molecule has 5 heteroatoms. The fourth-order valence-corrected chi connectivity index (χ4v) is 3.80. The minimum atomic E-state index is -2.63. The molecule has 2 aliphatic heterocycles. The van der Waals surface area contributed by atoms with Crippen LogP contribution in [0.2, 0.25) is 0 Å². The number of halogens is 2. The molecule has 2 heterocycles. The summed E-state index contributed by atoms with van der Waals surface area (Å²) in [6.07, 6.45) is -2.02. The van der Waals surface area contributed by atoms with Gasteiger partial charge in [-0.05, 0) is 30.9 Å². The quantitative estimate of drug-likeness (QED) is 0.797. The van der Waals surface area contributed by atoms with Crippen LogP contribution in [0.3, 0.4) is 0 Å². The van der Waals surface area contributed by atoms with Crippen molar-refractivity contribution in [2.75, 3.05) is 18.1 Å². The van der Waals surface area contributed by atoms with E-state index in [0.717, 1.165) is 17.9 Å². The zero-order valence-electron chi connectivity index (χ0n) is 8.49. The minimum Gasteiger partial charge on any atom is -0.387 e. The van der Waals surface area contributed by atoms with Gasteiger partial charge in [-0.1, -0.05) is 0 Å². The summed E-state index contributed by atoms with van der Waals surface area (Å²) in [7, 11) is 0. The Labute approximate surface area is 92.4 Å². The van der Waals surface area contributed by atoms with E-state index in [-0.39, 0.29) is 11.5 Å². The maximum absolute atomic E-state index is 12.4. The predicted molar refractivity (Wildman–Crippen MR) is 55.4 cm³/mol. The van der Waals surface area contributed by atoms with Crippen molar-refractivity contribution in [3.05, 3.63) is 0 Å². The minimum absolute atomic E-state index is 0.219. The van der Waals surface area contributed by atoms with Crippen LogP contribution in [0.1, 0.15) is 19.3 Å². The van der Waals surface area contributed by atoms with E-state index in [1.165, 1.54) is 0 Å². The number of alkyl halides is 2. The summed E-state index contributed by atoms with van der Waals surface area (Å²) in [5, 5.41) is 9.38. The molecule has 2 rings (SSSR count). The Bertz CT molecular complexity index is 219. The van der Waals surface area contributed by atoms with Crippen molar-refractivity contribution in [3.63, 3.8) is 0 Å². The van der Waals surface area contributed by atoms with Gasteiger partial charge in [0.2, 0.25) is 0 Å². The van der Waals surface area contributed by atoms with Gasteiger partial charge in [-0.3, -0.25) is 0 Å². The van der Waals surface area contributed by atoms with E-state index in [9.17, 15) is 13.9 Å². The molecule has 1 N–H and O–H groups in total. The second kappa shape index (κ2) is 4.55. The van der Waals surface area contributed by atoms with Gasteiger partial charge in [0, 0.05) is 12.4 Å². The fraction of sp³-hybridized carbons (Fsp3) is 1.00. The standard InChI is InChI=1S/C10H16F2O2S/c11-9(12)8(13)7-1-3-14-10(5-7)2-4-15-6-10/h7-9,13H,1-6H2. The molecule has 0 aromatic heterocycles. The van der Waals surface area contributed by atoms with Gasteiger partial charge in [-0.25, -0.2) is 8.78 Å². The Morgan fingerprint density at radius 3 is 2.87 bits per heavy atom. The fourth-order valence-electron chi connectivity index (χ4n) is 2.43. The first kappa shape index (κ1) is 11.6. The van der Waals surface area contributed by atoms with Crippen molar-refractivity contribution in [1.82, 2.24) is 0 Å². The van der Waals surface area contributed by atoms with Crippen LogP contribution in [0.4, 0.5) is 8.78 Å². The molecule has 0 saturated carbocycles. The van der Waals surface area contributed by atoms with E-state index in [1.807, 2.05) is 11.8 Å². The average Bonchev–Trinajstić information content (AvgIpc) is 2.65. The molecule has 0 aromatic rings. The zero-order valence-corrected chi connectivity index (χ0v) is 9.31. The summed E-state index contributed by atoms with van der Waals surface area (Å²) < 4.78 is 30.5. The first-order valence-corrected chi connectivity index (χ1v) is 6.46. The molecule has 3 unspecified atom stereocenters. The number of aliphatic hydroxyl groups is 1. The molecule has 88 valence electrons. The van der Waals surface area contributed by atoms with Gasteiger partial charge in [0.1, 0.15) is 6.10 Å². The summed E-state index contributed by atoms with van der Waals surface area (Å²) in [4.78, 5) is 0. The van der Waals surface area contributed by atoms with Gasteiger partial charge < -0.3 is 9.84 Å². The molecule has 0 radical (unpaired) electrons. The third-order valence-corrected chi connectivity index (χ3v) is 4.56. The molecule has 1 spiro atoms. The van der Waals surface area contributed by atoms with Gasteiger partial charge in [-0.15, -0.1) is 0 Å². The number of hydrogen-bond donors (Lipinski definition) is 1. The largest absolute Gasteiger partial charge is 0.387 e. The van der Waals surface area contributed by atoms with Crippen molar-refractivity contribution in [2.45, 2.75) is 37.4 Å². The van der Waals surface area contributed by atoms with Crippen LogP contribution in [0.25, 0.3) is 0 Å². The van der Waals surface area contributed by atoms with Crippen molar-refractivity contribution in [1.29, 1.82) is 0 Å². The van der Waals surface area contributed by atoms with Crippen LogP contribution in [0, 0.1) is 5.92 Å². The zero-order chi connectivity index (χ0) is 10.9. The van der Waals surface area contributed by atoms with Gasteiger partial charge in [0.05, 0.1) is 5.60 Å². The monoisotopic (exact) mass is 238 g/mol. The van der Waals surface area contributed by atoms with Crippen LogP contribution in [0.15, 0.2) is 0 Å². The molecule has 2 saturated heterocycles.